The SMILES string of the molecule is CCc1nnc(NC(=O)/C(C#N)=C/c2cccc(O)c2)s1. The van der Waals surface area contributed by atoms with Crippen LogP contribution in [0.3, 0.4) is 0 Å². The Bertz CT molecular complexity index is 731. The highest BCUT2D eigenvalue weighted by molar-refractivity contribution is 7.15. The van der Waals surface area contributed by atoms with Crippen LogP contribution < -0.4 is 5.32 Å². The van der Waals surface area contributed by atoms with E-state index >= 15 is 0 Å². The Labute approximate surface area is 125 Å². The van der Waals surface area contributed by atoms with Gasteiger partial charge in [-0.25, -0.2) is 0 Å². The van der Waals surface area contributed by atoms with Crippen LogP contribution in [0, 0.1) is 11.3 Å². The molecule has 0 saturated carbocycles. The Morgan fingerprint density at radius 2 is 2.33 bits per heavy atom. The zero-order valence-electron chi connectivity index (χ0n) is 11.2. The number of rotatable bonds is 4. The van der Waals surface area contributed by atoms with Gasteiger partial charge in [-0.15, -0.1) is 10.2 Å². The number of aromatic hydroxyl groups is 1. The van der Waals surface area contributed by atoms with Gasteiger partial charge in [0, 0.05) is 0 Å². The molecule has 0 unspecified atom stereocenters. The van der Waals surface area contributed by atoms with E-state index in [2.05, 4.69) is 15.5 Å². The molecule has 21 heavy (non-hydrogen) atoms. The van der Waals surface area contributed by atoms with Crippen LogP contribution in [0.2, 0.25) is 0 Å². The van der Waals surface area contributed by atoms with Crippen molar-refractivity contribution in [1.29, 1.82) is 5.26 Å². The van der Waals surface area contributed by atoms with Gasteiger partial charge >= 0.3 is 0 Å². The summed E-state index contributed by atoms with van der Waals surface area (Å²) >= 11 is 1.27. The second kappa shape index (κ2) is 6.63. The molecule has 0 aliphatic heterocycles. The molecule has 7 heteroatoms. The van der Waals surface area contributed by atoms with Crippen molar-refractivity contribution in [3.63, 3.8) is 0 Å². The number of benzene rings is 1. The van der Waals surface area contributed by atoms with Crippen molar-refractivity contribution in [2.75, 3.05) is 5.32 Å². The predicted molar refractivity (Wildman–Crippen MR) is 79.6 cm³/mol. The minimum absolute atomic E-state index is 0.0677. The first-order valence-electron chi connectivity index (χ1n) is 6.17. The van der Waals surface area contributed by atoms with Crippen LogP contribution in [-0.4, -0.2) is 21.2 Å². The van der Waals surface area contributed by atoms with Crippen LogP contribution in [0.1, 0.15) is 17.5 Å². The van der Waals surface area contributed by atoms with E-state index in [1.165, 1.54) is 29.5 Å². The van der Waals surface area contributed by atoms with E-state index in [-0.39, 0.29) is 11.3 Å². The number of phenols is 1. The molecule has 0 saturated heterocycles. The second-order valence-electron chi connectivity index (χ2n) is 4.07. The largest absolute Gasteiger partial charge is 0.508 e. The molecule has 2 aromatic rings. The first-order valence-corrected chi connectivity index (χ1v) is 6.98. The number of nitriles is 1. The molecule has 2 N–H and O–H groups in total. The third kappa shape index (κ3) is 3.87. The molecule has 0 aliphatic rings. The van der Waals surface area contributed by atoms with Gasteiger partial charge in [0.1, 0.15) is 22.4 Å². The fourth-order valence-electron chi connectivity index (χ4n) is 1.54. The smallest absolute Gasteiger partial charge is 0.268 e. The number of aryl methyl sites for hydroxylation is 1. The van der Waals surface area contributed by atoms with Crippen molar-refractivity contribution in [2.45, 2.75) is 13.3 Å². The van der Waals surface area contributed by atoms with Gasteiger partial charge in [0.15, 0.2) is 0 Å². The van der Waals surface area contributed by atoms with Gasteiger partial charge in [-0.3, -0.25) is 10.1 Å². The first-order chi connectivity index (χ1) is 10.1. The lowest BCUT2D eigenvalue weighted by molar-refractivity contribution is -0.112. The molecule has 106 valence electrons. The van der Waals surface area contributed by atoms with Crippen LogP contribution in [0.4, 0.5) is 5.13 Å². The molecule has 1 aromatic carbocycles. The minimum atomic E-state index is -0.556. The summed E-state index contributed by atoms with van der Waals surface area (Å²) < 4.78 is 0. The van der Waals surface area contributed by atoms with E-state index in [9.17, 15) is 9.90 Å². The summed E-state index contributed by atoms with van der Waals surface area (Å²) in [5, 5.41) is 29.9. The van der Waals surface area contributed by atoms with Gasteiger partial charge in [-0.05, 0) is 30.2 Å². The lowest BCUT2D eigenvalue weighted by atomic mass is 10.1. The van der Waals surface area contributed by atoms with Gasteiger partial charge < -0.3 is 5.11 Å². The first kappa shape index (κ1) is 14.7. The Morgan fingerprint density at radius 1 is 1.52 bits per heavy atom. The van der Waals surface area contributed by atoms with E-state index in [4.69, 9.17) is 5.26 Å². The fourth-order valence-corrected chi connectivity index (χ4v) is 2.22. The Balaban J connectivity index is 2.17. The molecule has 0 fully saturated rings. The molecule has 1 heterocycles. The number of nitrogens with zero attached hydrogens (tertiary/aromatic N) is 3. The summed E-state index contributed by atoms with van der Waals surface area (Å²) in [5.41, 5.74) is 0.488. The number of hydrogen-bond acceptors (Lipinski definition) is 6. The summed E-state index contributed by atoms with van der Waals surface area (Å²) in [7, 11) is 0. The molecule has 0 atom stereocenters. The van der Waals surface area contributed by atoms with Gasteiger partial charge in [0.25, 0.3) is 5.91 Å². The normalized spacial score (nSPS) is 11.0. The van der Waals surface area contributed by atoms with Crippen LogP contribution >= 0.6 is 11.3 Å². The third-order valence-electron chi connectivity index (χ3n) is 2.54. The zero-order valence-corrected chi connectivity index (χ0v) is 12.0. The fraction of sp³-hybridized carbons (Fsp3) is 0.143. The summed E-state index contributed by atoms with van der Waals surface area (Å²) in [5.74, 6) is -0.488. The molecule has 1 aromatic heterocycles. The van der Waals surface area contributed by atoms with E-state index in [0.29, 0.717) is 10.7 Å². The van der Waals surface area contributed by atoms with Crippen molar-refractivity contribution in [2.24, 2.45) is 0 Å². The highest BCUT2D eigenvalue weighted by Crippen LogP contribution is 2.18. The number of carbonyl (C=O) groups excluding carboxylic acids is 1. The standard InChI is InChI=1S/C14H12N4O2S/c1-2-12-17-18-14(21-12)16-13(20)10(8-15)6-9-4-3-5-11(19)7-9/h3-7,19H,2H2,1H3,(H,16,18,20)/b10-6+. The molecule has 0 bridgehead atoms. The van der Waals surface area contributed by atoms with Crippen molar-refractivity contribution >= 4 is 28.5 Å². The Kier molecular flexibility index (Phi) is 4.64. The van der Waals surface area contributed by atoms with E-state index in [1.54, 1.807) is 12.1 Å². The van der Waals surface area contributed by atoms with Crippen LogP contribution in [0.5, 0.6) is 5.75 Å². The van der Waals surface area contributed by atoms with Crippen molar-refractivity contribution in [3.8, 4) is 11.8 Å². The molecule has 6 nitrogen and oxygen atoms in total. The summed E-state index contributed by atoms with van der Waals surface area (Å²) in [6.45, 7) is 1.94. The number of anilines is 1. The van der Waals surface area contributed by atoms with Gasteiger partial charge in [0.2, 0.25) is 5.13 Å². The van der Waals surface area contributed by atoms with Crippen LogP contribution in [-0.2, 0) is 11.2 Å². The molecule has 2 rings (SSSR count). The maximum absolute atomic E-state index is 12.0. The van der Waals surface area contributed by atoms with Gasteiger partial charge in [-0.1, -0.05) is 30.4 Å². The quantitative estimate of drug-likeness (QED) is 0.667. The monoisotopic (exact) mass is 300 g/mol. The number of hydrogen-bond donors (Lipinski definition) is 2. The molecular formula is C14H12N4O2S. The van der Waals surface area contributed by atoms with E-state index < -0.39 is 5.91 Å². The number of phenolic OH excluding ortho intramolecular Hbond substituents is 1. The average molecular weight is 300 g/mol. The van der Waals surface area contributed by atoms with Crippen molar-refractivity contribution in [1.82, 2.24) is 10.2 Å². The van der Waals surface area contributed by atoms with E-state index in [1.807, 2.05) is 13.0 Å². The average Bonchev–Trinajstić information content (AvgIpc) is 2.92. The maximum atomic E-state index is 12.0. The van der Waals surface area contributed by atoms with Crippen LogP contribution in [0.15, 0.2) is 29.8 Å². The van der Waals surface area contributed by atoms with Crippen molar-refractivity contribution < 1.29 is 9.90 Å². The highest BCUT2D eigenvalue weighted by atomic mass is 32.1. The van der Waals surface area contributed by atoms with E-state index in [0.717, 1.165) is 11.4 Å². The minimum Gasteiger partial charge on any atom is -0.508 e. The number of aromatic nitrogens is 2. The Hall–Kier alpha value is -2.72. The Morgan fingerprint density at radius 3 is 2.95 bits per heavy atom. The third-order valence-corrected chi connectivity index (χ3v) is 3.52. The molecule has 1 amide bonds. The van der Waals surface area contributed by atoms with Crippen LogP contribution in [0.25, 0.3) is 6.08 Å². The predicted octanol–water partition coefficient (Wildman–Crippen LogP) is 2.35. The van der Waals surface area contributed by atoms with Gasteiger partial charge in [0.05, 0.1) is 0 Å². The lowest BCUT2D eigenvalue weighted by Gasteiger charge is -2.00. The topological polar surface area (TPSA) is 98.9 Å². The summed E-state index contributed by atoms with van der Waals surface area (Å²) in [6, 6.07) is 8.12. The van der Waals surface area contributed by atoms with Crippen molar-refractivity contribution in [3.05, 3.63) is 40.4 Å². The number of carbonyl (C=O) groups is 1. The number of amides is 1. The number of nitrogens with one attached hydrogen (secondary N) is 1. The van der Waals surface area contributed by atoms with Gasteiger partial charge in [-0.2, -0.15) is 5.26 Å². The maximum Gasteiger partial charge on any atom is 0.268 e. The second-order valence-corrected chi connectivity index (χ2v) is 5.14. The highest BCUT2D eigenvalue weighted by Gasteiger charge is 2.12. The molecule has 0 spiro atoms. The summed E-state index contributed by atoms with van der Waals surface area (Å²) in [4.78, 5) is 12.0. The molecular weight excluding hydrogens is 288 g/mol. The molecule has 0 aliphatic carbocycles. The lowest BCUT2D eigenvalue weighted by Crippen LogP contribution is -2.13. The zero-order chi connectivity index (χ0) is 15.2. The summed E-state index contributed by atoms with van der Waals surface area (Å²) in [6.07, 6.45) is 2.13. The molecule has 0 radical (unpaired) electrons.